The standard InChI is InChI=1S/C13H25N3O2/c1-2-3-7-12(17)16-10-5-4-6-11(16)13(18)15-9-8-14/h11H,2-10,14H2,1H3,(H,15,18). The zero-order valence-electron chi connectivity index (χ0n) is 11.3. The Labute approximate surface area is 109 Å². The molecule has 2 amide bonds. The summed E-state index contributed by atoms with van der Waals surface area (Å²) in [6, 6.07) is -0.283. The summed E-state index contributed by atoms with van der Waals surface area (Å²) in [5.74, 6) is 0.0643. The van der Waals surface area contributed by atoms with Crippen molar-refractivity contribution in [2.24, 2.45) is 5.73 Å². The molecule has 0 bridgehead atoms. The van der Waals surface area contributed by atoms with Gasteiger partial charge in [0.05, 0.1) is 0 Å². The van der Waals surface area contributed by atoms with Crippen LogP contribution in [0.3, 0.4) is 0 Å². The first-order chi connectivity index (χ1) is 8.70. The molecular formula is C13H25N3O2. The van der Waals surface area contributed by atoms with Gasteiger partial charge in [0.15, 0.2) is 0 Å². The number of likely N-dealkylation sites (tertiary alicyclic amines) is 1. The summed E-state index contributed by atoms with van der Waals surface area (Å²) in [4.78, 5) is 25.8. The monoisotopic (exact) mass is 255 g/mol. The van der Waals surface area contributed by atoms with Crippen molar-refractivity contribution < 1.29 is 9.59 Å². The van der Waals surface area contributed by atoms with Crippen molar-refractivity contribution in [1.82, 2.24) is 10.2 Å². The van der Waals surface area contributed by atoms with E-state index in [-0.39, 0.29) is 17.9 Å². The van der Waals surface area contributed by atoms with E-state index < -0.39 is 0 Å². The Balaban J connectivity index is 2.55. The van der Waals surface area contributed by atoms with Crippen LogP contribution in [0.5, 0.6) is 0 Å². The summed E-state index contributed by atoms with van der Waals surface area (Å²) in [6.07, 6.45) is 5.23. The number of rotatable bonds is 6. The number of amides is 2. The van der Waals surface area contributed by atoms with Crippen LogP contribution in [0.4, 0.5) is 0 Å². The summed E-state index contributed by atoms with van der Waals surface area (Å²) in [6.45, 7) is 3.69. The Hall–Kier alpha value is -1.10. The highest BCUT2D eigenvalue weighted by Gasteiger charge is 2.31. The maximum atomic E-state index is 12.1. The van der Waals surface area contributed by atoms with Crippen molar-refractivity contribution in [3.8, 4) is 0 Å². The fourth-order valence-corrected chi connectivity index (χ4v) is 2.29. The molecule has 1 heterocycles. The molecule has 18 heavy (non-hydrogen) atoms. The van der Waals surface area contributed by atoms with E-state index >= 15 is 0 Å². The van der Waals surface area contributed by atoms with Crippen LogP contribution in [0, 0.1) is 0 Å². The van der Waals surface area contributed by atoms with Crippen molar-refractivity contribution in [3.05, 3.63) is 0 Å². The van der Waals surface area contributed by atoms with E-state index in [0.717, 1.165) is 32.1 Å². The van der Waals surface area contributed by atoms with Crippen molar-refractivity contribution in [3.63, 3.8) is 0 Å². The molecule has 1 aliphatic rings. The Bertz CT molecular complexity index is 253. The van der Waals surface area contributed by atoms with Crippen LogP contribution in [-0.4, -0.2) is 42.4 Å². The predicted molar refractivity (Wildman–Crippen MR) is 70.9 cm³/mol. The molecule has 104 valence electrons. The third-order valence-electron chi connectivity index (χ3n) is 3.31. The summed E-state index contributed by atoms with van der Waals surface area (Å²) < 4.78 is 0. The van der Waals surface area contributed by atoms with Gasteiger partial charge in [-0.15, -0.1) is 0 Å². The molecule has 5 heteroatoms. The Morgan fingerprint density at radius 3 is 2.83 bits per heavy atom. The van der Waals surface area contributed by atoms with E-state index in [9.17, 15) is 9.59 Å². The lowest BCUT2D eigenvalue weighted by Crippen LogP contribution is -2.52. The van der Waals surface area contributed by atoms with Gasteiger partial charge in [-0.05, 0) is 25.7 Å². The van der Waals surface area contributed by atoms with Crippen LogP contribution in [0.25, 0.3) is 0 Å². The molecule has 1 atom stereocenters. The molecule has 1 fully saturated rings. The minimum Gasteiger partial charge on any atom is -0.353 e. The van der Waals surface area contributed by atoms with Gasteiger partial charge in [-0.1, -0.05) is 13.3 Å². The number of carbonyl (C=O) groups is 2. The molecule has 1 rings (SSSR count). The number of hydrogen-bond acceptors (Lipinski definition) is 3. The number of nitrogens with zero attached hydrogens (tertiary/aromatic N) is 1. The second kappa shape index (κ2) is 8.08. The van der Waals surface area contributed by atoms with Gasteiger partial charge < -0.3 is 16.0 Å². The van der Waals surface area contributed by atoms with E-state index in [1.165, 1.54) is 0 Å². The third kappa shape index (κ3) is 4.29. The lowest BCUT2D eigenvalue weighted by molar-refractivity contribution is -0.142. The summed E-state index contributed by atoms with van der Waals surface area (Å²) in [5.41, 5.74) is 5.37. The molecule has 1 aliphatic heterocycles. The molecule has 3 N–H and O–H groups in total. The molecule has 0 radical (unpaired) electrons. The number of carbonyl (C=O) groups excluding carboxylic acids is 2. The third-order valence-corrected chi connectivity index (χ3v) is 3.31. The zero-order chi connectivity index (χ0) is 13.4. The largest absolute Gasteiger partial charge is 0.353 e. The van der Waals surface area contributed by atoms with E-state index in [1.54, 1.807) is 4.90 Å². The Morgan fingerprint density at radius 2 is 2.17 bits per heavy atom. The van der Waals surface area contributed by atoms with Crippen molar-refractivity contribution in [2.75, 3.05) is 19.6 Å². The summed E-state index contributed by atoms with van der Waals surface area (Å²) in [5, 5.41) is 2.79. The molecule has 0 saturated carbocycles. The minimum atomic E-state index is -0.283. The fourth-order valence-electron chi connectivity index (χ4n) is 2.29. The smallest absolute Gasteiger partial charge is 0.242 e. The highest BCUT2D eigenvalue weighted by Crippen LogP contribution is 2.18. The number of nitrogens with two attached hydrogens (primary N) is 1. The maximum absolute atomic E-state index is 12.1. The van der Waals surface area contributed by atoms with Crippen LogP contribution in [0.15, 0.2) is 0 Å². The first kappa shape index (κ1) is 15.0. The summed E-state index contributed by atoms with van der Waals surface area (Å²) in [7, 11) is 0. The van der Waals surface area contributed by atoms with E-state index in [2.05, 4.69) is 12.2 Å². The molecule has 0 aromatic rings. The van der Waals surface area contributed by atoms with E-state index in [0.29, 0.717) is 26.1 Å². The molecular weight excluding hydrogens is 230 g/mol. The summed E-state index contributed by atoms with van der Waals surface area (Å²) >= 11 is 0. The number of unbranched alkanes of at least 4 members (excludes halogenated alkanes) is 1. The molecule has 0 aromatic carbocycles. The molecule has 0 spiro atoms. The predicted octanol–water partition coefficient (Wildman–Crippen LogP) is 0.633. The van der Waals surface area contributed by atoms with Gasteiger partial charge in [0.25, 0.3) is 0 Å². The normalized spacial score (nSPS) is 19.7. The van der Waals surface area contributed by atoms with Crippen molar-refractivity contribution >= 4 is 11.8 Å². The van der Waals surface area contributed by atoms with E-state index in [4.69, 9.17) is 5.73 Å². The zero-order valence-corrected chi connectivity index (χ0v) is 11.3. The maximum Gasteiger partial charge on any atom is 0.242 e. The number of piperidine rings is 1. The minimum absolute atomic E-state index is 0.0509. The van der Waals surface area contributed by atoms with Gasteiger partial charge in [0, 0.05) is 26.1 Å². The lowest BCUT2D eigenvalue weighted by atomic mass is 10.0. The van der Waals surface area contributed by atoms with Gasteiger partial charge in [-0.2, -0.15) is 0 Å². The van der Waals surface area contributed by atoms with Crippen LogP contribution >= 0.6 is 0 Å². The molecule has 0 aliphatic carbocycles. The van der Waals surface area contributed by atoms with Gasteiger partial charge in [0.1, 0.15) is 6.04 Å². The van der Waals surface area contributed by atoms with Crippen LogP contribution in [0.1, 0.15) is 45.4 Å². The number of hydrogen-bond donors (Lipinski definition) is 2. The van der Waals surface area contributed by atoms with Crippen molar-refractivity contribution in [2.45, 2.75) is 51.5 Å². The average Bonchev–Trinajstić information content (AvgIpc) is 2.42. The van der Waals surface area contributed by atoms with Crippen LogP contribution in [0.2, 0.25) is 0 Å². The topological polar surface area (TPSA) is 75.4 Å². The SMILES string of the molecule is CCCCC(=O)N1CCCCC1C(=O)NCCN. The Morgan fingerprint density at radius 1 is 1.39 bits per heavy atom. The first-order valence-corrected chi connectivity index (χ1v) is 6.98. The second-order valence-electron chi connectivity index (χ2n) is 4.78. The van der Waals surface area contributed by atoms with E-state index in [1.807, 2.05) is 0 Å². The van der Waals surface area contributed by atoms with Gasteiger partial charge >= 0.3 is 0 Å². The van der Waals surface area contributed by atoms with Gasteiger partial charge in [-0.25, -0.2) is 0 Å². The highest BCUT2D eigenvalue weighted by molar-refractivity contribution is 5.87. The molecule has 1 saturated heterocycles. The van der Waals surface area contributed by atoms with Gasteiger partial charge in [0.2, 0.25) is 11.8 Å². The lowest BCUT2D eigenvalue weighted by Gasteiger charge is -2.34. The van der Waals surface area contributed by atoms with Crippen LogP contribution in [-0.2, 0) is 9.59 Å². The highest BCUT2D eigenvalue weighted by atomic mass is 16.2. The first-order valence-electron chi connectivity index (χ1n) is 6.98. The molecule has 0 aromatic heterocycles. The Kier molecular flexibility index (Phi) is 6.72. The van der Waals surface area contributed by atoms with Gasteiger partial charge in [-0.3, -0.25) is 9.59 Å². The molecule has 5 nitrogen and oxygen atoms in total. The fraction of sp³-hybridized carbons (Fsp3) is 0.846. The van der Waals surface area contributed by atoms with Crippen LogP contribution < -0.4 is 11.1 Å². The quantitative estimate of drug-likeness (QED) is 0.731. The number of nitrogens with one attached hydrogen (secondary N) is 1. The second-order valence-corrected chi connectivity index (χ2v) is 4.78. The van der Waals surface area contributed by atoms with Crippen molar-refractivity contribution in [1.29, 1.82) is 0 Å². The molecule has 1 unspecified atom stereocenters. The average molecular weight is 255 g/mol.